The van der Waals surface area contributed by atoms with E-state index in [2.05, 4.69) is 10.6 Å². The van der Waals surface area contributed by atoms with Crippen molar-refractivity contribution in [3.05, 3.63) is 111 Å². The van der Waals surface area contributed by atoms with Crippen LogP contribution in [-0.2, 0) is 6.54 Å². The molecule has 4 aromatic rings. The number of rotatable bonds is 5. The molecule has 0 atom stereocenters. The molecule has 160 valence electrons. The van der Waals surface area contributed by atoms with E-state index in [9.17, 15) is 18.8 Å². The molecule has 6 nitrogen and oxygen atoms in total. The van der Waals surface area contributed by atoms with Gasteiger partial charge in [0, 0.05) is 18.7 Å². The van der Waals surface area contributed by atoms with E-state index in [-0.39, 0.29) is 33.9 Å². The Labute approximate surface area is 182 Å². The summed E-state index contributed by atoms with van der Waals surface area (Å²) in [7, 11) is 0. The number of benzene rings is 3. The highest BCUT2D eigenvalue weighted by Crippen LogP contribution is 2.18. The molecule has 4 rings (SSSR count). The van der Waals surface area contributed by atoms with E-state index in [1.807, 2.05) is 31.2 Å². The molecule has 1 heterocycles. The van der Waals surface area contributed by atoms with Crippen LogP contribution in [0.15, 0.2) is 82.0 Å². The molecule has 0 spiro atoms. The summed E-state index contributed by atoms with van der Waals surface area (Å²) in [6, 6.07) is 18.8. The Bertz CT molecular complexity index is 1380. The number of halogens is 1. The second kappa shape index (κ2) is 8.85. The summed E-state index contributed by atoms with van der Waals surface area (Å²) < 4.78 is 18.9. The predicted molar refractivity (Wildman–Crippen MR) is 119 cm³/mol. The summed E-state index contributed by atoms with van der Waals surface area (Å²) in [6.07, 6.45) is 0. The van der Waals surface area contributed by atoms with Gasteiger partial charge >= 0.3 is 0 Å². The van der Waals surface area contributed by atoms with Gasteiger partial charge in [-0.05, 0) is 36.8 Å². The molecular weight excluding hydrogens is 411 g/mol. The number of fused-ring (bicyclic) bond motifs is 1. The van der Waals surface area contributed by atoms with Crippen molar-refractivity contribution < 1.29 is 18.4 Å². The summed E-state index contributed by atoms with van der Waals surface area (Å²) in [4.78, 5) is 37.7. The molecule has 1 aromatic heterocycles. The van der Waals surface area contributed by atoms with Crippen LogP contribution in [0.1, 0.15) is 32.0 Å². The normalized spacial score (nSPS) is 10.7. The lowest BCUT2D eigenvalue weighted by molar-refractivity contribution is 0.0951. The third-order valence-electron chi connectivity index (χ3n) is 4.91. The van der Waals surface area contributed by atoms with E-state index in [1.165, 1.54) is 6.07 Å². The van der Waals surface area contributed by atoms with Gasteiger partial charge < -0.3 is 15.1 Å². The lowest BCUT2D eigenvalue weighted by atomic mass is 10.1. The largest absolute Gasteiger partial charge is 0.451 e. The second-order valence-electron chi connectivity index (χ2n) is 7.28. The van der Waals surface area contributed by atoms with Gasteiger partial charge in [-0.2, -0.15) is 0 Å². The zero-order chi connectivity index (χ0) is 22.7. The highest BCUT2D eigenvalue weighted by molar-refractivity contribution is 6.08. The topological polar surface area (TPSA) is 88.4 Å². The number of aryl methyl sites for hydroxylation is 1. The van der Waals surface area contributed by atoms with Gasteiger partial charge in [-0.3, -0.25) is 14.4 Å². The van der Waals surface area contributed by atoms with Crippen LogP contribution in [0.25, 0.3) is 11.0 Å². The van der Waals surface area contributed by atoms with E-state index >= 15 is 0 Å². The Kier molecular flexibility index (Phi) is 5.81. The molecular formula is C25H19FN2O4. The van der Waals surface area contributed by atoms with E-state index < -0.39 is 17.2 Å². The summed E-state index contributed by atoms with van der Waals surface area (Å²) >= 11 is 0. The van der Waals surface area contributed by atoms with Crippen molar-refractivity contribution in [3.8, 4) is 0 Å². The molecule has 7 heteroatoms. The number of carbonyl (C=O) groups excluding carboxylic acids is 2. The van der Waals surface area contributed by atoms with Gasteiger partial charge in [0.15, 0.2) is 11.2 Å². The van der Waals surface area contributed by atoms with E-state index in [4.69, 9.17) is 4.42 Å². The maximum Gasteiger partial charge on any atom is 0.291 e. The van der Waals surface area contributed by atoms with Crippen LogP contribution in [0.3, 0.4) is 0 Å². The van der Waals surface area contributed by atoms with Crippen LogP contribution in [0, 0.1) is 12.7 Å². The van der Waals surface area contributed by atoms with Gasteiger partial charge in [0.1, 0.15) is 11.4 Å². The summed E-state index contributed by atoms with van der Waals surface area (Å²) in [5.74, 6) is -1.98. The third kappa shape index (κ3) is 4.57. The van der Waals surface area contributed by atoms with Crippen molar-refractivity contribution in [2.75, 3.05) is 5.32 Å². The van der Waals surface area contributed by atoms with Gasteiger partial charge in [0.2, 0.25) is 0 Å². The maximum atomic E-state index is 13.5. The van der Waals surface area contributed by atoms with Gasteiger partial charge in [0.05, 0.1) is 16.6 Å². The first kappa shape index (κ1) is 21.0. The van der Waals surface area contributed by atoms with Crippen molar-refractivity contribution >= 4 is 28.5 Å². The number of anilines is 1. The minimum absolute atomic E-state index is 0.0354. The lowest BCUT2D eigenvalue weighted by Crippen LogP contribution is -2.25. The van der Waals surface area contributed by atoms with E-state index in [0.717, 1.165) is 29.3 Å². The quantitative estimate of drug-likeness (QED) is 0.491. The van der Waals surface area contributed by atoms with Crippen molar-refractivity contribution in [1.82, 2.24) is 5.32 Å². The zero-order valence-corrected chi connectivity index (χ0v) is 17.1. The number of carbonyl (C=O) groups is 2. The Balaban J connectivity index is 1.54. The van der Waals surface area contributed by atoms with Crippen LogP contribution < -0.4 is 16.1 Å². The van der Waals surface area contributed by atoms with Gasteiger partial charge in [-0.1, -0.05) is 42.0 Å². The fourth-order valence-electron chi connectivity index (χ4n) is 3.20. The second-order valence-corrected chi connectivity index (χ2v) is 7.28. The molecule has 0 saturated heterocycles. The molecule has 0 unspecified atom stereocenters. The lowest BCUT2D eigenvalue weighted by Gasteiger charge is -2.11. The summed E-state index contributed by atoms with van der Waals surface area (Å²) in [5, 5.41) is 5.58. The average Bonchev–Trinajstić information content (AvgIpc) is 2.78. The van der Waals surface area contributed by atoms with Crippen LogP contribution in [0.4, 0.5) is 10.1 Å². The monoisotopic (exact) mass is 430 g/mol. The number of amides is 2. The average molecular weight is 430 g/mol. The first-order chi connectivity index (χ1) is 15.4. The molecule has 0 aliphatic rings. The maximum absolute atomic E-state index is 13.5. The van der Waals surface area contributed by atoms with Gasteiger partial charge in [-0.15, -0.1) is 0 Å². The number of hydrogen-bond donors (Lipinski definition) is 2. The summed E-state index contributed by atoms with van der Waals surface area (Å²) in [6.45, 7) is 2.31. The van der Waals surface area contributed by atoms with Crippen molar-refractivity contribution in [2.24, 2.45) is 0 Å². The molecule has 0 aliphatic heterocycles. The Morgan fingerprint density at radius 1 is 0.938 bits per heavy atom. The molecule has 0 fully saturated rings. The smallest absolute Gasteiger partial charge is 0.291 e. The standard InChI is InChI=1S/C25H19FN2O4/c1-15-6-8-16(9-7-15)14-27-24(30)18-4-2-3-5-20(18)28-25(31)23-13-21(29)19-11-10-17(26)12-22(19)32-23/h2-13H,14H2,1H3,(H,27,30)(H,28,31). The molecule has 0 radical (unpaired) electrons. The van der Waals surface area contributed by atoms with Gasteiger partial charge in [-0.25, -0.2) is 4.39 Å². The fourth-order valence-corrected chi connectivity index (χ4v) is 3.20. The van der Waals surface area contributed by atoms with Crippen molar-refractivity contribution in [1.29, 1.82) is 0 Å². The predicted octanol–water partition coefficient (Wildman–Crippen LogP) is 4.42. The van der Waals surface area contributed by atoms with Gasteiger partial charge in [0.25, 0.3) is 11.8 Å². The molecule has 3 aromatic carbocycles. The van der Waals surface area contributed by atoms with Crippen LogP contribution in [0.5, 0.6) is 0 Å². The SMILES string of the molecule is Cc1ccc(CNC(=O)c2ccccc2NC(=O)c2cc(=O)c3ccc(F)cc3o2)cc1. The number of para-hydroxylation sites is 1. The van der Waals surface area contributed by atoms with E-state index in [1.54, 1.807) is 24.3 Å². The number of nitrogens with one attached hydrogen (secondary N) is 2. The van der Waals surface area contributed by atoms with E-state index in [0.29, 0.717) is 6.54 Å². The van der Waals surface area contributed by atoms with Crippen LogP contribution in [-0.4, -0.2) is 11.8 Å². The molecule has 0 aliphatic carbocycles. The molecule has 0 saturated carbocycles. The zero-order valence-electron chi connectivity index (χ0n) is 17.1. The molecule has 2 amide bonds. The first-order valence-electron chi connectivity index (χ1n) is 9.88. The highest BCUT2D eigenvalue weighted by Gasteiger charge is 2.17. The minimum Gasteiger partial charge on any atom is -0.451 e. The first-order valence-corrected chi connectivity index (χ1v) is 9.88. The molecule has 32 heavy (non-hydrogen) atoms. The fraction of sp³-hybridized carbons (Fsp3) is 0.0800. The third-order valence-corrected chi connectivity index (χ3v) is 4.91. The number of hydrogen-bond acceptors (Lipinski definition) is 4. The molecule has 2 N–H and O–H groups in total. The van der Waals surface area contributed by atoms with Crippen molar-refractivity contribution in [3.63, 3.8) is 0 Å². The van der Waals surface area contributed by atoms with Crippen LogP contribution >= 0.6 is 0 Å². The highest BCUT2D eigenvalue weighted by atomic mass is 19.1. The summed E-state index contributed by atoms with van der Waals surface area (Å²) in [5.41, 5.74) is 2.06. The minimum atomic E-state index is -0.730. The van der Waals surface area contributed by atoms with Crippen molar-refractivity contribution in [2.45, 2.75) is 13.5 Å². The Hall–Kier alpha value is -4.26. The molecule has 0 bridgehead atoms. The van der Waals surface area contributed by atoms with Crippen LogP contribution in [0.2, 0.25) is 0 Å². The Morgan fingerprint density at radius 2 is 1.69 bits per heavy atom. The Morgan fingerprint density at radius 3 is 2.47 bits per heavy atom.